The summed E-state index contributed by atoms with van der Waals surface area (Å²) in [4.78, 5) is 46.4. The summed E-state index contributed by atoms with van der Waals surface area (Å²) in [5.41, 5.74) is 3.96. The number of imide groups is 2. The highest BCUT2D eigenvalue weighted by Crippen LogP contribution is 2.46. The van der Waals surface area contributed by atoms with Crippen LogP contribution in [0.5, 0.6) is 0 Å². The fourth-order valence-electron chi connectivity index (χ4n) is 5.82. The second kappa shape index (κ2) is 7.17. The molecule has 0 saturated carbocycles. The van der Waals surface area contributed by atoms with Crippen molar-refractivity contribution in [3.05, 3.63) is 58.7 Å². The molecule has 2 saturated heterocycles. The van der Waals surface area contributed by atoms with Crippen molar-refractivity contribution in [2.24, 2.45) is 5.41 Å². The van der Waals surface area contributed by atoms with Gasteiger partial charge in [0.25, 0.3) is 5.91 Å². The van der Waals surface area contributed by atoms with Crippen LogP contribution in [-0.4, -0.2) is 55.5 Å². The number of hydrogen-bond acceptors (Lipinski definition) is 5. The van der Waals surface area contributed by atoms with E-state index in [1.54, 1.807) is 0 Å². The summed E-state index contributed by atoms with van der Waals surface area (Å²) in [6.45, 7) is 7.92. The number of urea groups is 1. The van der Waals surface area contributed by atoms with Crippen LogP contribution >= 0.6 is 0 Å². The lowest BCUT2D eigenvalue weighted by Crippen LogP contribution is -2.75. The van der Waals surface area contributed by atoms with Crippen molar-refractivity contribution in [2.75, 3.05) is 36.5 Å². The summed E-state index contributed by atoms with van der Waals surface area (Å²) >= 11 is 0. The molecule has 0 radical (unpaired) electrons. The Kier molecular flexibility index (Phi) is 4.64. The molecule has 2 aromatic rings. The van der Waals surface area contributed by atoms with Crippen molar-refractivity contribution in [1.29, 1.82) is 0 Å². The van der Waals surface area contributed by atoms with E-state index in [1.807, 2.05) is 58.2 Å². The van der Waals surface area contributed by atoms with E-state index >= 15 is 0 Å². The van der Waals surface area contributed by atoms with E-state index in [4.69, 9.17) is 0 Å². The van der Waals surface area contributed by atoms with E-state index in [0.29, 0.717) is 12.2 Å². The van der Waals surface area contributed by atoms with Crippen molar-refractivity contribution >= 4 is 29.2 Å². The SMILES string of the molecule is Cc1cc(C)c(N2C(=O)NC(=O)[C@@]3(Cc4ccccc4N4CCN(C)C[C@H]43)C2=O)c(C)c1. The summed E-state index contributed by atoms with van der Waals surface area (Å²) in [5, 5.41) is 2.55. The van der Waals surface area contributed by atoms with Gasteiger partial charge in [-0.3, -0.25) is 14.9 Å². The maximum atomic E-state index is 14.3. The topological polar surface area (TPSA) is 73.0 Å². The molecule has 1 spiro atoms. The summed E-state index contributed by atoms with van der Waals surface area (Å²) in [6, 6.07) is 10.9. The van der Waals surface area contributed by atoms with Crippen LogP contribution < -0.4 is 15.1 Å². The van der Waals surface area contributed by atoms with Gasteiger partial charge in [-0.25, -0.2) is 9.69 Å². The molecule has 1 N–H and O–H groups in total. The lowest BCUT2D eigenvalue weighted by atomic mass is 9.67. The summed E-state index contributed by atoms with van der Waals surface area (Å²) < 4.78 is 0. The van der Waals surface area contributed by atoms with Gasteiger partial charge in [0, 0.05) is 25.3 Å². The zero-order chi connectivity index (χ0) is 22.8. The first-order valence-electron chi connectivity index (χ1n) is 11.0. The number of nitrogens with one attached hydrogen (secondary N) is 1. The Morgan fingerprint density at radius 2 is 1.69 bits per heavy atom. The molecule has 166 valence electrons. The predicted octanol–water partition coefficient (Wildman–Crippen LogP) is 2.56. The molecular weight excluding hydrogens is 404 g/mol. The number of likely N-dealkylation sites (N-methyl/N-ethyl adjacent to an activating group) is 1. The number of hydrogen-bond donors (Lipinski definition) is 1. The van der Waals surface area contributed by atoms with Crippen LogP contribution in [0.2, 0.25) is 0 Å². The number of carbonyl (C=O) groups is 3. The number of benzene rings is 2. The number of rotatable bonds is 1. The third-order valence-electron chi connectivity index (χ3n) is 7.20. The Morgan fingerprint density at radius 1 is 1.00 bits per heavy atom. The van der Waals surface area contributed by atoms with Crippen LogP contribution in [0.15, 0.2) is 36.4 Å². The number of nitrogens with zero attached hydrogens (tertiary/aromatic N) is 3. The Balaban J connectivity index is 1.70. The second-order valence-electron chi connectivity index (χ2n) is 9.40. The molecule has 3 heterocycles. The average molecular weight is 433 g/mol. The van der Waals surface area contributed by atoms with Gasteiger partial charge in [0.1, 0.15) is 0 Å². The minimum absolute atomic E-state index is 0.274. The smallest absolute Gasteiger partial charge is 0.335 e. The van der Waals surface area contributed by atoms with E-state index < -0.39 is 23.3 Å². The van der Waals surface area contributed by atoms with Gasteiger partial charge >= 0.3 is 6.03 Å². The minimum Gasteiger partial charge on any atom is -0.364 e. The maximum absolute atomic E-state index is 14.3. The van der Waals surface area contributed by atoms with Gasteiger partial charge < -0.3 is 9.80 Å². The van der Waals surface area contributed by atoms with Crippen molar-refractivity contribution in [3.63, 3.8) is 0 Å². The van der Waals surface area contributed by atoms with E-state index in [2.05, 4.69) is 21.2 Å². The van der Waals surface area contributed by atoms with Crippen LogP contribution in [0.25, 0.3) is 0 Å². The van der Waals surface area contributed by atoms with Gasteiger partial charge in [0.15, 0.2) is 5.41 Å². The first-order valence-corrected chi connectivity index (χ1v) is 11.0. The fourth-order valence-corrected chi connectivity index (χ4v) is 5.82. The molecule has 7 nitrogen and oxygen atoms in total. The summed E-state index contributed by atoms with van der Waals surface area (Å²) in [7, 11) is 2.01. The molecule has 3 aliphatic heterocycles. The fraction of sp³-hybridized carbons (Fsp3) is 0.400. The monoisotopic (exact) mass is 432 g/mol. The molecule has 0 unspecified atom stereocenters. The molecule has 0 aliphatic carbocycles. The largest absolute Gasteiger partial charge is 0.364 e. The summed E-state index contributed by atoms with van der Waals surface area (Å²) in [6.07, 6.45) is 0.274. The normalized spacial score (nSPS) is 25.6. The highest BCUT2D eigenvalue weighted by Gasteiger charge is 2.63. The van der Waals surface area contributed by atoms with Crippen LogP contribution in [0.3, 0.4) is 0 Å². The third-order valence-corrected chi connectivity index (χ3v) is 7.20. The first kappa shape index (κ1) is 20.7. The van der Waals surface area contributed by atoms with Crippen molar-refractivity contribution in [2.45, 2.75) is 33.2 Å². The van der Waals surface area contributed by atoms with Crippen molar-refractivity contribution in [1.82, 2.24) is 10.2 Å². The molecule has 2 atom stereocenters. The number of carbonyl (C=O) groups excluding carboxylic acids is 3. The van der Waals surface area contributed by atoms with E-state index in [-0.39, 0.29) is 12.5 Å². The molecule has 2 fully saturated rings. The van der Waals surface area contributed by atoms with E-state index in [9.17, 15) is 14.4 Å². The highest BCUT2D eigenvalue weighted by atomic mass is 16.2. The number of anilines is 2. The van der Waals surface area contributed by atoms with Gasteiger partial charge in [-0.05, 0) is 57.0 Å². The number of aryl methyl sites for hydroxylation is 3. The van der Waals surface area contributed by atoms with Gasteiger partial charge in [-0.1, -0.05) is 35.9 Å². The predicted molar refractivity (Wildman–Crippen MR) is 123 cm³/mol. The van der Waals surface area contributed by atoms with Gasteiger partial charge in [0.2, 0.25) is 5.91 Å². The van der Waals surface area contributed by atoms with Crippen molar-refractivity contribution < 1.29 is 14.4 Å². The second-order valence-corrected chi connectivity index (χ2v) is 9.40. The van der Waals surface area contributed by atoms with Crippen LogP contribution in [0.4, 0.5) is 16.2 Å². The number of fused-ring (bicyclic) bond motifs is 4. The zero-order valence-corrected chi connectivity index (χ0v) is 18.9. The molecule has 4 amide bonds. The first-order chi connectivity index (χ1) is 15.2. The Labute approximate surface area is 188 Å². The number of amides is 4. The van der Waals surface area contributed by atoms with E-state index in [1.165, 1.54) is 4.90 Å². The minimum atomic E-state index is -1.37. The Morgan fingerprint density at radius 3 is 2.41 bits per heavy atom. The molecule has 2 aromatic carbocycles. The summed E-state index contributed by atoms with van der Waals surface area (Å²) in [5.74, 6) is -0.924. The molecule has 0 bridgehead atoms. The van der Waals surface area contributed by atoms with Crippen molar-refractivity contribution in [3.8, 4) is 0 Å². The van der Waals surface area contributed by atoms with Gasteiger partial charge in [-0.2, -0.15) is 0 Å². The quantitative estimate of drug-likeness (QED) is 0.702. The highest BCUT2D eigenvalue weighted by molar-refractivity contribution is 6.31. The molecular formula is C25H28N4O3. The van der Waals surface area contributed by atoms with Crippen LogP contribution in [-0.2, 0) is 16.0 Å². The molecule has 32 heavy (non-hydrogen) atoms. The lowest BCUT2D eigenvalue weighted by Gasteiger charge is -2.55. The lowest BCUT2D eigenvalue weighted by molar-refractivity contribution is -0.145. The number of para-hydroxylation sites is 1. The molecule has 0 aromatic heterocycles. The van der Waals surface area contributed by atoms with E-state index in [0.717, 1.165) is 41.0 Å². The molecule has 5 rings (SSSR count). The van der Waals surface area contributed by atoms with Crippen LogP contribution in [0.1, 0.15) is 22.3 Å². The maximum Gasteiger partial charge on any atom is 0.335 e. The number of piperazine rings is 1. The average Bonchev–Trinajstić information content (AvgIpc) is 2.73. The Bertz CT molecular complexity index is 1140. The van der Waals surface area contributed by atoms with Gasteiger partial charge in [0.05, 0.1) is 11.7 Å². The molecule has 3 aliphatic rings. The number of barbiturate groups is 1. The zero-order valence-electron chi connectivity index (χ0n) is 18.9. The van der Waals surface area contributed by atoms with Gasteiger partial charge in [-0.15, -0.1) is 0 Å². The Hall–Kier alpha value is -3.19. The third kappa shape index (κ3) is 2.80. The standard InChI is InChI=1S/C25H28N4O3/c1-15-11-16(2)21(17(3)12-15)29-23(31)25(22(30)26-24(29)32)13-18-7-5-6-8-19(18)28-10-9-27(4)14-20(25)28/h5-8,11-12,20H,9-10,13-14H2,1-4H3,(H,26,30,32)/t20-,25-/m0/s1. The van der Waals surface area contributed by atoms with Crippen LogP contribution in [0, 0.1) is 26.2 Å². The molecule has 7 heteroatoms.